The van der Waals surface area contributed by atoms with E-state index < -0.39 is 18.4 Å². The van der Waals surface area contributed by atoms with Crippen molar-refractivity contribution in [3.8, 4) is 0 Å². The molecule has 2 heteroatoms. The molecule has 0 amide bonds. The van der Waals surface area contributed by atoms with E-state index in [-0.39, 0.29) is 0 Å². The second-order valence-electron chi connectivity index (χ2n) is 7.15. The zero-order chi connectivity index (χ0) is 14.9. The van der Waals surface area contributed by atoms with Crippen LogP contribution in [0.5, 0.6) is 0 Å². The van der Waals surface area contributed by atoms with Crippen molar-refractivity contribution in [1.29, 1.82) is 0 Å². The zero-order valence-electron chi connectivity index (χ0n) is 14.3. The second-order valence-corrected chi connectivity index (χ2v) is 20.2. The summed E-state index contributed by atoms with van der Waals surface area (Å²) in [5, 5.41) is 0. The molecule has 0 saturated carbocycles. The van der Waals surface area contributed by atoms with Crippen LogP contribution in [0.25, 0.3) is 0 Å². The molecule has 1 saturated heterocycles. The van der Waals surface area contributed by atoms with Gasteiger partial charge in [0.05, 0.1) is 0 Å². The molecule has 0 aromatic rings. The van der Waals surface area contributed by atoms with Crippen LogP contribution in [-0.2, 0) is 4.74 Å². The van der Waals surface area contributed by atoms with Gasteiger partial charge >= 0.3 is 131 Å². The summed E-state index contributed by atoms with van der Waals surface area (Å²) in [6.07, 6.45) is 11.1. The first kappa shape index (κ1) is 18.5. The first-order chi connectivity index (χ1) is 9.60. The summed E-state index contributed by atoms with van der Waals surface area (Å²) in [7, 11) is 0. The molecule has 1 rings (SSSR count). The van der Waals surface area contributed by atoms with Gasteiger partial charge in [-0.3, -0.25) is 0 Å². The van der Waals surface area contributed by atoms with Gasteiger partial charge in [-0.25, -0.2) is 0 Å². The Balaban J connectivity index is 2.75. The number of hydrogen-bond acceptors (Lipinski definition) is 1. The summed E-state index contributed by atoms with van der Waals surface area (Å²) in [4.78, 5) is 0. The van der Waals surface area contributed by atoms with Gasteiger partial charge in [0.1, 0.15) is 0 Å². The third-order valence-electron chi connectivity index (χ3n) is 4.79. The SMILES string of the molecule is CCC[CH2][Sn](/[CH]=C/C1(C)COC1)([CH2]CCC)[CH2]CCC. The van der Waals surface area contributed by atoms with Gasteiger partial charge in [0.25, 0.3) is 0 Å². The van der Waals surface area contributed by atoms with Crippen molar-refractivity contribution in [3.05, 3.63) is 10.2 Å². The topological polar surface area (TPSA) is 9.23 Å². The van der Waals surface area contributed by atoms with Crippen LogP contribution in [0.2, 0.25) is 13.3 Å². The Bertz CT molecular complexity index is 259. The predicted molar refractivity (Wildman–Crippen MR) is 93.0 cm³/mol. The average Bonchev–Trinajstić information content (AvgIpc) is 2.44. The maximum atomic E-state index is 5.42. The molecule has 1 aliphatic rings. The molecule has 1 aliphatic heterocycles. The van der Waals surface area contributed by atoms with Crippen LogP contribution in [-0.4, -0.2) is 31.6 Å². The van der Waals surface area contributed by atoms with Crippen molar-refractivity contribution >= 4 is 18.4 Å². The van der Waals surface area contributed by atoms with E-state index in [0.29, 0.717) is 5.41 Å². The average molecular weight is 387 g/mol. The Hall–Kier alpha value is 0.499. The van der Waals surface area contributed by atoms with Crippen molar-refractivity contribution in [1.82, 2.24) is 0 Å². The molecule has 0 radical (unpaired) electrons. The summed E-state index contributed by atoms with van der Waals surface area (Å²) in [5.74, 6) is 0. The number of rotatable bonds is 11. The van der Waals surface area contributed by atoms with Gasteiger partial charge in [-0.2, -0.15) is 0 Å². The van der Waals surface area contributed by atoms with Gasteiger partial charge < -0.3 is 0 Å². The molecule has 1 heterocycles. The molecule has 0 aromatic heterocycles. The molecule has 0 atom stereocenters. The van der Waals surface area contributed by atoms with Crippen molar-refractivity contribution in [3.63, 3.8) is 0 Å². The zero-order valence-corrected chi connectivity index (χ0v) is 17.2. The fourth-order valence-corrected chi connectivity index (χ4v) is 17.9. The standard InChI is InChI=1S/C6H9O.3C4H9.Sn/c1-3-6(2)4-7-5-6;3*1-3-4-2;/h1,3H,4-5H2,2H3;3*1,3-4H2,2H3;. The first-order valence-corrected chi connectivity index (χ1v) is 16.6. The maximum absolute atomic E-state index is 5.42. The minimum atomic E-state index is -2.03. The number of ether oxygens (including phenoxy) is 1. The molecular formula is C18H36OSn. The number of unbranched alkanes of at least 4 members (excludes halogenated alkanes) is 3. The third kappa shape index (κ3) is 6.09. The van der Waals surface area contributed by atoms with E-state index in [0.717, 1.165) is 13.2 Å². The van der Waals surface area contributed by atoms with E-state index in [1.54, 1.807) is 13.3 Å². The fourth-order valence-electron chi connectivity index (χ4n) is 3.11. The van der Waals surface area contributed by atoms with Crippen molar-refractivity contribution in [2.75, 3.05) is 13.2 Å². The van der Waals surface area contributed by atoms with Gasteiger partial charge in [0.2, 0.25) is 0 Å². The van der Waals surface area contributed by atoms with E-state index in [1.807, 2.05) is 0 Å². The Morgan fingerprint density at radius 2 is 1.35 bits per heavy atom. The van der Waals surface area contributed by atoms with Crippen LogP contribution in [0.1, 0.15) is 66.2 Å². The van der Waals surface area contributed by atoms with Crippen LogP contribution in [0, 0.1) is 5.41 Å². The molecule has 1 fully saturated rings. The quantitative estimate of drug-likeness (QED) is 0.397. The van der Waals surface area contributed by atoms with Crippen LogP contribution in [0.15, 0.2) is 10.2 Å². The molecule has 0 N–H and O–H groups in total. The number of hydrogen-bond donors (Lipinski definition) is 0. The summed E-state index contributed by atoms with van der Waals surface area (Å²) < 4.78 is 13.0. The van der Waals surface area contributed by atoms with E-state index in [9.17, 15) is 0 Å². The Kier molecular flexibility index (Phi) is 8.81. The molecule has 20 heavy (non-hydrogen) atoms. The predicted octanol–water partition coefficient (Wildman–Crippen LogP) is 5.97. The second kappa shape index (κ2) is 9.50. The molecule has 118 valence electrons. The van der Waals surface area contributed by atoms with Gasteiger partial charge in [-0.05, 0) is 0 Å². The monoisotopic (exact) mass is 388 g/mol. The normalized spacial score (nSPS) is 18.4. The van der Waals surface area contributed by atoms with E-state index in [4.69, 9.17) is 4.74 Å². The Morgan fingerprint density at radius 3 is 1.65 bits per heavy atom. The Morgan fingerprint density at radius 1 is 0.900 bits per heavy atom. The molecule has 0 spiro atoms. The molecule has 0 aromatic carbocycles. The fraction of sp³-hybridized carbons (Fsp3) is 0.889. The molecule has 0 bridgehead atoms. The van der Waals surface area contributed by atoms with Crippen LogP contribution in [0.4, 0.5) is 0 Å². The molecule has 0 unspecified atom stereocenters. The van der Waals surface area contributed by atoms with Gasteiger partial charge in [0, 0.05) is 0 Å². The van der Waals surface area contributed by atoms with Crippen LogP contribution >= 0.6 is 0 Å². The van der Waals surface area contributed by atoms with E-state index in [1.165, 1.54) is 38.5 Å². The van der Waals surface area contributed by atoms with Crippen molar-refractivity contribution < 1.29 is 4.74 Å². The molecular weight excluding hydrogens is 351 g/mol. The summed E-state index contributed by atoms with van der Waals surface area (Å²) in [6.45, 7) is 11.3. The summed E-state index contributed by atoms with van der Waals surface area (Å²) >= 11 is -2.03. The minimum absolute atomic E-state index is 0.368. The van der Waals surface area contributed by atoms with Crippen molar-refractivity contribution in [2.24, 2.45) is 5.41 Å². The van der Waals surface area contributed by atoms with Gasteiger partial charge in [-0.15, -0.1) is 0 Å². The summed E-state index contributed by atoms with van der Waals surface area (Å²) in [5.41, 5.74) is 0.368. The van der Waals surface area contributed by atoms with Crippen LogP contribution < -0.4 is 0 Å². The van der Waals surface area contributed by atoms with E-state index >= 15 is 0 Å². The Labute approximate surface area is 131 Å². The summed E-state index contributed by atoms with van der Waals surface area (Å²) in [6, 6.07) is 0. The molecule has 1 nitrogen and oxygen atoms in total. The van der Waals surface area contributed by atoms with Gasteiger partial charge in [0.15, 0.2) is 0 Å². The van der Waals surface area contributed by atoms with Crippen molar-refractivity contribution in [2.45, 2.75) is 79.5 Å². The first-order valence-electron chi connectivity index (χ1n) is 8.88. The van der Waals surface area contributed by atoms with Gasteiger partial charge in [-0.1, -0.05) is 0 Å². The third-order valence-corrected chi connectivity index (χ3v) is 18.8. The van der Waals surface area contributed by atoms with E-state index in [2.05, 4.69) is 37.9 Å². The van der Waals surface area contributed by atoms with Crippen LogP contribution in [0.3, 0.4) is 0 Å². The molecule has 0 aliphatic carbocycles.